The molecule has 0 radical (unpaired) electrons. The number of nitrogens with one attached hydrogen (secondary N) is 1. The Morgan fingerprint density at radius 1 is 1.38 bits per heavy atom. The van der Waals surface area contributed by atoms with Crippen LogP contribution in [0.4, 0.5) is 0 Å². The summed E-state index contributed by atoms with van der Waals surface area (Å²) in [6.07, 6.45) is -0.686. The van der Waals surface area contributed by atoms with Crippen molar-refractivity contribution in [3.05, 3.63) is 29.3 Å². The summed E-state index contributed by atoms with van der Waals surface area (Å²) in [5, 5.41) is 3.74. The van der Waals surface area contributed by atoms with Gasteiger partial charge in [-0.2, -0.15) is 0 Å². The quantitative estimate of drug-likeness (QED) is 0.845. The van der Waals surface area contributed by atoms with E-state index in [2.05, 4.69) is 5.32 Å². The van der Waals surface area contributed by atoms with E-state index in [-0.39, 0.29) is 30.8 Å². The van der Waals surface area contributed by atoms with Crippen LogP contribution in [-0.2, 0) is 9.59 Å². The SMILES string of the molecule is CC(Oc1cccc(Cl)c1)C(=O)N(C)CC(=O)N1CCNCC1.Cl. The van der Waals surface area contributed by atoms with Crippen LogP contribution in [0.3, 0.4) is 0 Å². The van der Waals surface area contributed by atoms with Gasteiger partial charge in [-0.05, 0) is 25.1 Å². The van der Waals surface area contributed by atoms with Crippen molar-refractivity contribution in [1.82, 2.24) is 15.1 Å². The summed E-state index contributed by atoms with van der Waals surface area (Å²) in [5.41, 5.74) is 0. The molecule has 24 heavy (non-hydrogen) atoms. The number of amides is 2. The molecule has 1 aromatic rings. The van der Waals surface area contributed by atoms with Gasteiger partial charge in [-0.15, -0.1) is 12.4 Å². The monoisotopic (exact) mass is 375 g/mol. The Morgan fingerprint density at radius 3 is 2.67 bits per heavy atom. The van der Waals surface area contributed by atoms with Crippen LogP contribution in [0, 0.1) is 0 Å². The number of nitrogens with zero attached hydrogens (tertiary/aromatic N) is 2. The van der Waals surface area contributed by atoms with Gasteiger partial charge in [0.2, 0.25) is 5.91 Å². The lowest BCUT2D eigenvalue weighted by Gasteiger charge is -2.30. The molecule has 1 fully saturated rings. The number of ether oxygens (including phenoxy) is 1. The van der Waals surface area contributed by atoms with E-state index < -0.39 is 6.10 Å². The van der Waals surface area contributed by atoms with Crippen molar-refractivity contribution in [3.8, 4) is 5.75 Å². The van der Waals surface area contributed by atoms with Gasteiger partial charge >= 0.3 is 0 Å². The maximum atomic E-state index is 12.3. The van der Waals surface area contributed by atoms with Crippen molar-refractivity contribution < 1.29 is 14.3 Å². The van der Waals surface area contributed by atoms with Crippen LogP contribution in [0.1, 0.15) is 6.92 Å². The average molecular weight is 376 g/mol. The zero-order valence-corrected chi connectivity index (χ0v) is 15.4. The summed E-state index contributed by atoms with van der Waals surface area (Å²) < 4.78 is 5.59. The Hall–Kier alpha value is -1.50. The molecule has 6 nitrogen and oxygen atoms in total. The summed E-state index contributed by atoms with van der Waals surface area (Å²) in [7, 11) is 1.61. The molecule has 0 spiro atoms. The molecule has 0 saturated carbocycles. The van der Waals surface area contributed by atoms with Crippen LogP contribution >= 0.6 is 24.0 Å². The highest BCUT2D eigenvalue weighted by Gasteiger charge is 2.24. The van der Waals surface area contributed by atoms with Gasteiger partial charge in [0.25, 0.3) is 5.91 Å². The van der Waals surface area contributed by atoms with E-state index in [1.54, 1.807) is 43.1 Å². The van der Waals surface area contributed by atoms with Crippen LogP contribution in [0.15, 0.2) is 24.3 Å². The first-order valence-electron chi connectivity index (χ1n) is 7.63. The number of likely N-dealkylation sites (N-methyl/N-ethyl adjacent to an activating group) is 1. The van der Waals surface area contributed by atoms with Crippen LogP contribution < -0.4 is 10.1 Å². The van der Waals surface area contributed by atoms with Crippen molar-refractivity contribution in [1.29, 1.82) is 0 Å². The van der Waals surface area contributed by atoms with Crippen molar-refractivity contribution in [2.24, 2.45) is 0 Å². The van der Waals surface area contributed by atoms with Gasteiger partial charge in [0, 0.05) is 38.2 Å². The van der Waals surface area contributed by atoms with Gasteiger partial charge in [0.1, 0.15) is 5.75 Å². The van der Waals surface area contributed by atoms with E-state index in [0.717, 1.165) is 13.1 Å². The molecule has 1 heterocycles. The Bertz CT molecular complexity index is 565. The van der Waals surface area contributed by atoms with Crippen molar-refractivity contribution in [2.75, 3.05) is 39.8 Å². The first-order valence-corrected chi connectivity index (χ1v) is 8.01. The second-order valence-corrected chi connectivity index (χ2v) is 5.98. The Balaban J connectivity index is 0.00000288. The molecule has 1 saturated heterocycles. The minimum absolute atomic E-state index is 0. The number of rotatable bonds is 5. The highest BCUT2D eigenvalue weighted by molar-refractivity contribution is 6.30. The maximum Gasteiger partial charge on any atom is 0.263 e. The summed E-state index contributed by atoms with van der Waals surface area (Å²) in [6.45, 7) is 4.65. The molecule has 0 bridgehead atoms. The van der Waals surface area contributed by atoms with Crippen molar-refractivity contribution in [2.45, 2.75) is 13.0 Å². The molecule has 134 valence electrons. The smallest absolute Gasteiger partial charge is 0.263 e. The topological polar surface area (TPSA) is 61.9 Å². The molecule has 2 amide bonds. The Labute approximate surface area is 153 Å². The molecule has 0 aliphatic carbocycles. The van der Waals surface area contributed by atoms with E-state index in [1.165, 1.54) is 4.90 Å². The zero-order valence-electron chi connectivity index (χ0n) is 13.8. The first-order chi connectivity index (χ1) is 11.0. The molecule has 1 N–H and O–H groups in total. The number of benzene rings is 1. The third-order valence-electron chi connectivity index (χ3n) is 3.68. The average Bonchev–Trinajstić information content (AvgIpc) is 2.54. The predicted octanol–water partition coefficient (Wildman–Crippen LogP) is 1.42. The van der Waals surface area contributed by atoms with Crippen molar-refractivity contribution in [3.63, 3.8) is 0 Å². The fraction of sp³-hybridized carbons (Fsp3) is 0.500. The minimum Gasteiger partial charge on any atom is -0.481 e. The predicted molar refractivity (Wildman–Crippen MR) is 95.9 cm³/mol. The highest BCUT2D eigenvalue weighted by Crippen LogP contribution is 2.18. The summed E-state index contributed by atoms with van der Waals surface area (Å²) in [4.78, 5) is 27.7. The van der Waals surface area contributed by atoms with Crippen LogP contribution in [0.25, 0.3) is 0 Å². The van der Waals surface area contributed by atoms with E-state index >= 15 is 0 Å². The van der Waals surface area contributed by atoms with Crippen LogP contribution in [0.2, 0.25) is 5.02 Å². The van der Waals surface area contributed by atoms with Gasteiger partial charge in [-0.25, -0.2) is 0 Å². The normalized spacial score (nSPS) is 15.2. The second-order valence-electron chi connectivity index (χ2n) is 5.54. The second kappa shape index (κ2) is 9.71. The fourth-order valence-electron chi connectivity index (χ4n) is 2.40. The van der Waals surface area contributed by atoms with Crippen molar-refractivity contribution >= 4 is 35.8 Å². The van der Waals surface area contributed by atoms with Crippen LogP contribution in [-0.4, -0.2) is 67.5 Å². The zero-order chi connectivity index (χ0) is 16.8. The summed E-state index contributed by atoms with van der Waals surface area (Å²) in [5.74, 6) is 0.242. The Kier molecular flexibility index (Phi) is 8.31. The largest absolute Gasteiger partial charge is 0.481 e. The molecular weight excluding hydrogens is 353 g/mol. The lowest BCUT2D eigenvalue weighted by Crippen LogP contribution is -2.50. The number of hydrogen-bond acceptors (Lipinski definition) is 4. The number of piperazine rings is 1. The number of carbonyl (C=O) groups excluding carboxylic acids is 2. The van der Waals surface area contributed by atoms with Gasteiger partial charge < -0.3 is 19.9 Å². The molecule has 1 aliphatic rings. The molecule has 2 rings (SSSR count). The lowest BCUT2D eigenvalue weighted by molar-refractivity contribution is -0.143. The van der Waals surface area contributed by atoms with Gasteiger partial charge in [0.15, 0.2) is 6.10 Å². The molecule has 1 unspecified atom stereocenters. The number of carbonyl (C=O) groups is 2. The van der Waals surface area contributed by atoms with E-state index in [4.69, 9.17) is 16.3 Å². The molecule has 0 aromatic heterocycles. The third kappa shape index (κ3) is 5.85. The standard InChI is InChI=1S/C16H22ClN3O3.ClH/c1-12(23-14-5-3-4-13(17)10-14)16(22)19(2)11-15(21)20-8-6-18-7-9-20;/h3-5,10,12,18H,6-9,11H2,1-2H3;1H. The van der Waals surface area contributed by atoms with Gasteiger partial charge in [0.05, 0.1) is 6.54 Å². The van der Waals surface area contributed by atoms with Gasteiger partial charge in [-0.1, -0.05) is 17.7 Å². The van der Waals surface area contributed by atoms with E-state index in [0.29, 0.717) is 23.9 Å². The molecule has 1 atom stereocenters. The maximum absolute atomic E-state index is 12.3. The third-order valence-corrected chi connectivity index (χ3v) is 3.91. The fourth-order valence-corrected chi connectivity index (χ4v) is 2.58. The molecular formula is C16H23Cl2N3O3. The van der Waals surface area contributed by atoms with Crippen LogP contribution in [0.5, 0.6) is 5.75 Å². The van der Waals surface area contributed by atoms with Gasteiger partial charge in [-0.3, -0.25) is 9.59 Å². The molecule has 8 heteroatoms. The van der Waals surface area contributed by atoms with E-state index in [1.807, 2.05) is 0 Å². The Morgan fingerprint density at radius 2 is 2.04 bits per heavy atom. The summed E-state index contributed by atoms with van der Waals surface area (Å²) in [6, 6.07) is 6.88. The molecule has 1 aliphatic heterocycles. The first kappa shape index (κ1) is 20.5. The number of hydrogen-bond donors (Lipinski definition) is 1. The molecule has 1 aromatic carbocycles. The summed E-state index contributed by atoms with van der Waals surface area (Å²) >= 11 is 5.89. The lowest BCUT2D eigenvalue weighted by atomic mass is 10.3. The minimum atomic E-state index is -0.686. The number of halogens is 2. The highest BCUT2D eigenvalue weighted by atomic mass is 35.5. The van der Waals surface area contributed by atoms with E-state index in [9.17, 15) is 9.59 Å².